The van der Waals surface area contributed by atoms with Crippen molar-refractivity contribution in [3.05, 3.63) is 50.8 Å². The molecule has 0 spiro atoms. The smallest absolute Gasteiger partial charge is 0.351 e. The topological polar surface area (TPSA) is 116 Å². The molecule has 9 heteroatoms. The van der Waals surface area contributed by atoms with Crippen LogP contribution in [0.1, 0.15) is 40.9 Å². The molecule has 0 unspecified atom stereocenters. The Morgan fingerprint density at radius 2 is 2.07 bits per heavy atom. The summed E-state index contributed by atoms with van der Waals surface area (Å²) in [5.74, 6) is 1.13. The third kappa shape index (κ3) is 2.74. The third-order valence-corrected chi connectivity index (χ3v) is 6.25. The summed E-state index contributed by atoms with van der Waals surface area (Å²) in [6, 6.07) is 6.34. The summed E-state index contributed by atoms with van der Waals surface area (Å²) >= 11 is 0. The van der Waals surface area contributed by atoms with Gasteiger partial charge in [0.15, 0.2) is 0 Å². The minimum Gasteiger partial charge on any atom is -0.351 e. The van der Waals surface area contributed by atoms with Crippen molar-refractivity contribution in [3.63, 3.8) is 0 Å². The Hall–Kier alpha value is -3.72. The summed E-state index contributed by atoms with van der Waals surface area (Å²) in [6.07, 6.45) is 3.97. The second kappa shape index (κ2) is 6.39. The van der Waals surface area contributed by atoms with E-state index in [9.17, 15) is 15.3 Å². The Morgan fingerprint density at radius 3 is 2.77 bits per heavy atom. The molecule has 3 aromatic rings. The summed E-state index contributed by atoms with van der Waals surface area (Å²) in [5.41, 5.74) is 3.57. The van der Waals surface area contributed by atoms with Gasteiger partial charge >= 0.3 is 5.69 Å². The Labute approximate surface area is 172 Å². The Morgan fingerprint density at radius 1 is 1.27 bits per heavy atom. The van der Waals surface area contributed by atoms with Crippen molar-refractivity contribution in [2.75, 3.05) is 11.4 Å². The Bertz CT molecular complexity index is 1330. The molecule has 4 heterocycles. The van der Waals surface area contributed by atoms with Crippen LogP contribution in [0.5, 0.6) is 0 Å². The van der Waals surface area contributed by atoms with Crippen LogP contribution < -0.4 is 10.6 Å². The molecule has 0 bridgehead atoms. The summed E-state index contributed by atoms with van der Waals surface area (Å²) in [5, 5.41) is 23.0. The number of rotatable bonds is 3. The first-order valence-corrected chi connectivity index (χ1v) is 9.95. The van der Waals surface area contributed by atoms with Gasteiger partial charge in [-0.25, -0.2) is 13.9 Å². The van der Waals surface area contributed by atoms with E-state index < -0.39 is 5.41 Å². The molecule has 0 amide bonds. The van der Waals surface area contributed by atoms with Crippen LogP contribution in [0.3, 0.4) is 0 Å². The first-order valence-electron chi connectivity index (χ1n) is 9.95. The first-order chi connectivity index (χ1) is 14.4. The lowest BCUT2D eigenvalue weighted by Gasteiger charge is -2.30. The van der Waals surface area contributed by atoms with Crippen molar-refractivity contribution in [2.24, 2.45) is 5.41 Å². The monoisotopic (exact) mass is 400 g/mol. The Kier molecular flexibility index (Phi) is 3.90. The SMILES string of the molecule is Cc1c(N2CCc3ncc(C#N)cc3C2)nc2nn(CC3(C#N)CC3)c(=O)n2c1C. The Balaban J connectivity index is 1.55. The number of aromatic nitrogens is 5. The van der Waals surface area contributed by atoms with E-state index in [1.54, 1.807) is 6.20 Å². The van der Waals surface area contributed by atoms with E-state index in [0.29, 0.717) is 24.4 Å². The van der Waals surface area contributed by atoms with Crippen LogP contribution in [0, 0.1) is 41.9 Å². The fourth-order valence-corrected chi connectivity index (χ4v) is 4.09. The van der Waals surface area contributed by atoms with Crippen LogP contribution in [0.2, 0.25) is 0 Å². The zero-order valence-electron chi connectivity index (χ0n) is 16.9. The zero-order chi connectivity index (χ0) is 21.0. The van der Waals surface area contributed by atoms with Crippen LogP contribution >= 0.6 is 0 Å². The minimum atomic E-state index is -0.463. The molecule has 1 saturated carbocycles. The number of hydrogen-bond acceptors (Lipinski definition) is 7. The van der Waals surface area contributed by atoms with Crippen molar-refractivity contribution in [1.82, 2.24) is 24.1 Å². The van der Waals surface area contributed by atoms with Crippen LogP contribution in [-0.2, 0) is 19.5 Å². The van der Waals surface area contributed by atoms with Gasteiger partial charge in [-0.15, -0.1) is 5.10 Å². The first kappa shape index (κ1) is 18.3. The number of fused-ring (bicyclic) bond motifs is 2. The maximum absolute atomic E-state index is 12.9. The van der Waals surface area contributed by atoms with Gasteiger partial charge in [-0.1, -0.05) is 0 Å². The van der Waals surface area contributed by atoms with Gasteiger partial charge in [0, 0.05) is 42.7 Å². The molecule has 5 rings (SSSR count). The molecule has 3 aromatic heterocycles. The highest BCUT2D eigenvalue weighted by molar-refractivity contribution is 5.55. The number of aryl methyl sites for hydroxylation is 1. The van der Waals surface area contributed by atoms with Crippen LogP contribution in [-0.4, -0.2) is 30.7 Å². The number of pyridine rings is 1. The standard InChI is InChI=1S/C21H20N8O/c1-13-14(2)29-19(26-28(20(29)30)12-21(11-23)4-5-21)25-18(13)27-6-3-17-16(10-27)7-15(8-22)9-24-17/h7,9H,3-6,10,12H2,1-2H3. The predicted molar refractivity (Wildman–Crippen MR) is 108 cm³/mol. The lowest BCUT2D eigenvalue weighted by atomic mass is 10.0. The highest BCUT2D eigenvalue weighted by atomic mass is 16.2. The van der Waals surface area contributed by atoms with Gasteiger partial charge in [0.05, 0.1) is 23.6 Å². The van der Waals surface area contributed by atoms with Gasteiger partial charge in [-0.05, 0) is 38.3 Å². The second-order valence-electron chi connectivity index (χ2n) is 8.23. The van der Waals surface area contributed by atoms with Crippen molar-refractivity contribution in [2.45, 2.75) is 46.2 Å². The maximum atomic E-state index is 12.9. The molecule has 0 radical (unpaired) electrons. The van der Waals surface area contributed by atoms with Gasteiger partial charge in [-0.3, -0.25) is 4.98 Å². The third-order valence-electron chi connectivity index (χ3n) is 6.25. The highest BCUT2D eigenvalue weighted by Gasteiger charge is 2.44. The van der Waals surface area contributed by atoms with Crippen LogP contribution in [0.25, 0.3) is 5.78 Å². The quantitative estimate of drug-likeness (QED) is 0.656. The number of nitriles is 2. The fourth-order valence-electron chi connectivity index (χ4n) is 4.09. The maximum Gasteiger partial charge on any atom is 0.351 e. The van der Waals surface area contributed by atoms with Crippen molar-refractivity contribution in [1.29, 1.82) is 10.5 Å². The number of nitrogens with zero attached hydrogens (tertiary/aromatic N) is 8. The molecule has 9 nitrogen and oxygen atoms in total. The lowest BCUT2D eigenvalue weighted by molar-refractivity contribution is 0.472. The average molecular weight is 400 g/mol. The van der Waals surface area contributed by atoms with Gasteiger partial charge in [-0.2, -0.15) is 15.5 Å². The molecule has 1 aliphatic carbocycles. The van der Waals surface area contributed by atoms with E-state index in [0.717, 1.165) is 54.1 Å². The second-order valence-corrected chi connectivity index (χ2v) is 8.23. The number of anilines is 1. The van der Waals surface area contributed by atoms with Crippen molar-refractivity contribution >= 4 is 11.6 Å². The molecule has 1 aliphatic heterocycles. The average Bonchev–Trinajstić information content (AvgIpc) is 3.47. The lowest BCUT2D eigenvalue weighted by Crippen LogP contribution is -2.33. The van der Waals surface area contributed by atoms with E-state index in [1.807, 2.05) is 19.9 Å². The molecule has 0 aromatic carbocycles. The van der Waals surface area contributed by atoms with Crippen molar-refractivity contribution < 1.29 is 0 Å². The van der Waals surface area contributed by atoms with Crippen molar-refractivity contribution in [3.8, 4) is 12.1 Å². The zero-order valence-corrected chi connectivity index (χ0v) is 16.9. The molecular formula is C21H20N8O. The largest absolute Gasteiger partial charge is 0.351 e. The molecule has 0 saturated heterocycles. The summed E-state index contributed by atoms with van der Waals surface area (Å²) in [6.45, 7) is 5.50. The van der Waals surface area contributed by atoms with E-state index in [4.69, 9.17) is 4.98 Å². The molecular weight excluding hydrogens is 380 g/mol. The van der Waals surface area contributed by atoms with E-state index in [2.05, 4.69) is 27.1 Å². The van der Waals surface area contributed by atoms with Gasteiger partial charge in [0.1, 0.15) is 11.9 Å². The molecule has 150 valence electrons. The van der Waals surface area contributed by atoms with Crippen LogP contribution in [0.4, 0.5) is 5.82 Å². The van der Waals surface area contributed by atoms with Gasteiger partial charge in [0.25, 0.3) is 5.78 Å². The molecule has 1 fully saturated rings. The minimum absolute atomic E-state index is 0.252. The summed E-state index contributed by atoms with van der Waals surface area (Å²) in [7, 11) is 0. The molecule has 2 aliphatic rings. The normalized spacial score (nSPS) is 16.7. The summed E-state index contributed by atoms with van der Waals surface area (Å²) in [4.78, 5) is 24.2. The summed E-state index contributed by atoms with van der Waals surface area (Å²) < 4.78 is 2.91. The predicted octanol–water partition coefficient (Wildman–Crippen LogP) is 1.64. The fraction of sp³-hybridized carbons (Fsp3) is 0.429. The number of hydrogen-bond donors (Lipinski definition) is 0. The van der Waals surface area contributed by atoms with E-state index in [-0.39, 0.29) is 5.69 Å². The van der Waals surface area contributed by atoms with Gasteiger partial charge < -0.3 is 4.90 Å². The van der Waals surface area contributed by atoms with Crippen LogP contribution in [0.15, 0.2) is 17.1 Å². The van der Waals surface area contributed by atoms with E-state index >= 15 is 0 Å². The van der Waals surface area contributed by atoms with Gasteiger partial charge in [0.2, 0.25) is 0 Å². The molecule has 0 atom stereocenters. The highest BCUT2D eigenvalue weighted by Crippen LogP contribution is 2.45. The molecule has 30 heavy (non-hydrogen) atoms. The molecule has 0 N–H and O–H groups in total. The van der Waals surface area contributed by atoms with E-state index in [1.165, 1.54) is 9.08 Å².